The van der Waals surface area contributed by atoms with Crippen LogP contribution < -0.4 is 5.32 Å². The number of rotatable bonds is 6. The van der Waals surface area contributed by atoms with Gasteiger partial charge in [0.15, 0.2) is 0 Å². The minimum absolute atomic E-state index is 0.00827. The quantitative estimate of drug-likeness (QED) is 0.785. The van der Waals surface area contributed by atoms with Crippen molar-refractivity contribution in [3.05, 3.63) is 47.2 Å². The van der Waals surface area contributed by atoms with Crippen molar-refractivity contribution in [2.45, 2.75) is 31.5 Å². The van der Waals surface area contributed by atoms with Gasteiger partial charge in [0.25, 0.3) is 0 Å². The highest BCUT2D eigenvalue weighted by atomic mass is 35.5. The minimum atomic E-state index is -0.413. The van der Waals surface area contributed by atoms with E-state index >= 15 is 0 Å². The highest BCUT2D eigenvalue weighted by Gasteiger charge is 2.28. The molecule has 2 heterocycles. The molecular weight excluding hydrogens is 380 g/mol. The van der Waals surface area contributed by atoms with E-state index in [1.807, 2.05) is 37.2 Å². The fourth-order valence-electron chi connectivity index (χ4n) is 3.46. The van der Waals surface area contributed by atoms with Crippen LogP contribution in [0.15, 0.2) is 36.7 Å². The lowest BCUT2D eigenvalue weighted by Crippen LogP contribution is -2.49. The molecule has 1 fully saturated rings. The van der Waals surface area contributed by atoms with Crippen LogP contribution in [0.4, 0.5) is 0 Å². The molecule has 0 bridgehead atoms. The van der Waals surface area contributed by atoms with Crippen molar-refractivity contribution in [3.8, 4) is 0 Å². The van der Waals surface area contributed by atoms with Gasteiger partial charge in [0.05, 0.1) is 12.4 Å². The van der Waals surface area contributed by atoms with Crippen molar-refractivity contribution in [2.24, 2.45) is 0 Å². The Kier molecular flexibility index (Phi) is 6.64. The van der Waals surface area contributed by atoms with Gasteiger partial charge in [0.2, 0.25) is 11.8 Å². The van der Waals surface area contributed by atoms with Gasteiger partial charge in [-0.15, -0.1) is 0 Å². The zero-order chi connectivity index (χ0) is 20.1. The van der Waals surface area contributed by atoms with Gasteiger partial charge in [-0.05, 0) is 44.6 Å². The van der Waals surface area contributed by atoms with Crippen LogP contribution >= 0.6 is 11.6 Å². The lowest BCUT2D eigenvalue weighted by Gasteiger charge is -2.34. The van der Waals surface area contributed by atoms with E-state index in [0.29, 0.717) is 18.1 Å². The Morgan fingerprint density at radius 2 is 1.93 bits per heavy atom. The molecule has 0 aliphatic carbocycles. The van der Waals surface area contributed by atoms with Crippen molar-refractivity contribution in [2.75, 3.05) is 27.2 Å². The van der Waals surface area contributed by atoms with E-state index in [-0.39, 0.29) is 24.4 Å². The van der Waals surface area contributed by atoms with Crippen LogP contribution in [0.3, 0.4) is 0 Å². The summed E-state index contributed by atoms with van der Waals surface area (Å²) in [4.78, 5) is 30.3. The van der Waals surface area contributed by atoms with Gasteiger partial charge in [-0.2, -0.15) is 15.0 Å². The summed E-state index contributed by atoms with van der Waals surface area (Å²) in [6.07, 6.45) is 4.55. The maximum atomic E-state index is 12.9. The van der Waals surface area contributed by atoms with Gasteiger partial charge in [0.1, 0.15) is 12.6 Å². The number of benzene rings is 1. The molecule has 28 heavy (non-hydrogen) atoms. The summed E-state index contributed by atoms with van der Waals surface area (Å²) in [7, 11) is 3.74. The number of likely N-dealkylation sites (tertiary alicyclic amines) is 1. The van der Waals surface area contributed by atoms with Crippen LogP contribution in [0.1, 0.15) is 24.4 Å². The Morgan fingerprint density at radius 1 is 1.25 bits per heavy atom. The van der Waals surface area contributed by atoms with Crippen LogP contribution in [0.25, 0.3) is 0 Å². The second kappa shape index (κ2) is 9.16. The largest absolute Gasteiger partial charge is 0.352 e. The number of hydrogen-bond donors (Lipinski definition) is 1. The van der Waals surface area contributed by atoms with E-state index in [4.69, 9.17) is 11.6 Å². The summed E-state index contributed by atoms with van der Waals surface area (Å²) in [6, 6.07) is 6.99. The minimum Gasteiger partial charge on any atom is -0.352 e. The summed E-state index contributed by atoms with van der Waals surface area (Å²) < 4.78 is 0. The second-order valence-electron chi connectivity index (χ2n) is 7.14. The van der Waals surface area contributed by atoms with E-state index in [9.17, 15) is 9.59 Å². The molecule has 1 atom stereocenters. The molecule has 1 aliphatic rings. The molecule has 1 saturated heterocycles. The maximum absolute atomic E-state index is 12.9. The van der Waals surface area contributed by atoms with E-state index in [1.165, 1.54) is 4.80 Å². The molecule has 9 heteroatoms. The number of hydrogen-bond acceptors (Lipinski definition) is 5. The lowest BCUT2D eigenvalue weighted by atomic mass is 10.0. The van der Waals surface area contributed by atoms with Crippen molar-refractivity contribution in [1.29, 1.82) is 0 Å². The first kappa shape index (κ1) is 20.3. The number of piperidine rings is 1. The Hall–Kier alpha value is -2.45. The molecular formula is C19H25ClN6O2. The van der Waals surface area contributed by atoms with Crippen molar-refractivity contribution in [3.63, 3.8) is 0 Å². The molecule has 0 radical (unpaired) electrons. The molecule has 1 aliphatic heterocycles. The van der Waals surface area contributed by atoms with Crippen LogP contribution in [0.5, 0.6) is 0 Å². The van der Waals surface area contributed by atoms with Crippen molar-refractivity contribution in [1.82, 2.24) is 30.1 Å². The normalized spacial score (nSPS) is 16.2. The zero-order valence-corrected chi connectivity index (χ0v) is 16.8. The fourth-order valence-corrected chi connectivity index (χ4v) is 3.66. The smallest absolute Gasteiger partial charge is 0.246 e. The Morgan fingerprint density at radius 3 is 2.54 bits per heavy atom. The van der Waals surface area contributed by atoms with Gasteiger partial charge < -0.3 is 10.2 Å². The predicted octanol–water partition coefficient (Wildman–Crippen LogP) is 1.34. The summed E-state index contributed by atoms with van der Waals surface area (Å²) >= 11 is 6.09. The van der Waals surface area contributed by atoms with Crippen LogP contribution in [0, 0.1) is 0 Å². The van der Waals surface area contributed by atoms with Gasteiger partial charge in [-0.3, -0.25) is 14.5 Å². The molecule has 3 rings (SSSR count). The number of halogens is 1. The first-order valence-corrected chi connectivity index (χ1v) is 9.66. The van der Waals surface area contributed by atoms with Crippen LogP contribution in [-0.2, 0) is 16.1 Å². The number of aromatic nitrogens is 3. The average molecular weight is 405 g/mol. The van der Waals surface area contributed by atoms with Crippen molar-refractivity contribution >= 4 is 23.4 Å². The van der Waals surface area contributed by atoms with Crippen LogP contribution in [0.2, 0.25) is 5.02 Å². The number of nitrogens with one attached hydrogen (secondary N) is 1. The first-order valence-electron chi connectivity index (χ1n) is 9.28. The second-order valence-corrected chi connectivity index (χ2v) is 7.58. The van der Waals surface area contributed by atoms with E-state index in [1.54, 1.807) is 23.4 Å². The van der Waals surface area contributed by atoms with Crippen LogP contribution in [-0.4, -0.2) is 69.8 Å². The molecule has 0 spiro atoms. The molecule has 2 amide bonds. The Labute approximate surface area is 169 Å². The summed E-state index contributed by atoms with van der Waals surface area (Å²) in [5.74, 6) is -0.0659. The molecule has 8 nitrogen and oxygen atoms in total. The first-order chi connectivity index (χ1) is 13.4. The highest BCUT2D eigenvalue weighted by Crippen LogP contribution is 2.22. The molecule has 1 unspecified atom stereocenters. The standard InChI is InChI=1S/C19H25ClN6O2/c1-24(2)18(14-4-3-5-15(20)12-14)19(28)23-16-6-10-25(11-7-16)17(27)13-26-21-8-9-22-26/h3-5,8-9,12,16,18H,6-7,10-11,13H2,1-2H3,(H,23,28). The molecule has 1 N–H and O–H groups in total. The lowest BCUT2D eigenvalue weighted by molar-refractivity contribution is -0.133. The fraction of sp³-hybridized carbons (Fsp3) is 0.474. The third-order valence-electron chi connectivity index (χ3n) is 4.87. The number of nitrogens with zero attached hydrogens (tertiary/aromatic N) is 5. The average Bonchev–Trinajstić information content (AvgIpc) is 3.15. The van der Waals surface area contributed by atoms with Gasteiger partial charge in [0, 0.05) is 24.2 Å². The Bertz CT molecular complexity index is 803. The summed E-state index contributed by atoms with van der Waals surface area (Å²) in [5.41, 5.74) is 0.856. The highest BCUT2D eigenvalue weighted by molar-refractivity contribution is 6.30. The van der Waals surface area contributed by atoms with E-state index < -0.39 is 6.04 Å². The van der Waals surface area contributed by atoms with E-state index in [0.717, 1.165) is 18.4 Å². The van der Waals surface area contributed by atoms with E-state index in [2.05, 4.69) is 15.5 Å². The Balaban J connectivity index is 1.54. The van der Waals surface area contributed by atoms with Gasteiger partial charge >= 0.3 is 0 Å². The summed E-state index contributed by atoms with van der Waals surface area (Å²) in [6.45, 7) is 1.35. The number of likely N-dealkylation sites (N-methyl/N-ethyl adjacent to an activating group) is 1. The molecule has 1 aromatic carbocycles. The maximum Gasteiger partial charge on any atom is 0.246 e. The molecule has 1 aromatic heterocycles. The SMILES string of the molecule is CN(C)C(C(=O)NC1CCN(C(=O)Cn2nccn2)CC1)c1cccc(Cl)c1. The summed E-state index contributed by atoms with van der Waals surface area (Å²) in [5, 5.41) is 11.7. The molecule has 0 saturated carbocycles. The monoisotopic (exact) mass is 404 g/mol. The van der Waals surface area contributed by atoms with Gasteiger partial charge in [-0.1, -0.05) is 23.7 Å². The predicted molar refractivity (Wildman–Crippen MR) is 106 cm³/mol. The zero-order valence-electron chi connectivity index (χ0n) is 16.1. The molecule has 2 aromatic rings. The van der Waals surface area contributed by atoms with Gasteiger partial charge in [-0.25, -0.2) is 0 Å². The van der Waals surface area contributed by atoms with Crippen molar-refractivity contribution < 1.29 is 9.59 Å². The molecule has 150 valence electrons. The number of carbonyl (C=O) groups is 2. The third-order valence-corrected chi connectivity index (χ3v) is 5.10. The third kappa shape index (κ3) is 5.08. The number of amides is 2. The number of carbonyl (C=O) groups excluding carboxylic acids is 2. The topological polar surface area (TPSA) is 83.4 Å².